The Labute approximate surface area is 125 Å². The molecule has 2 aromatic rings. The van der Waals surface area contributed by atoms with E-state index in [1.807, 2.05) is 13.8 Å². The average molecular weight is 364 g/mol. The fourth-order valence-corrected chi connectivity index (χ4v) is 5.43. The van der Waals surface area contributed by atoms with E-state index in [4.69, 9.17) is 4.42 Å². The summed E-state index contributed by atoms with van der Waals surface area (Å²) >= 11 is 4.59. The van der Waals surface area contributed by atoms with Crippen molar-refractivity contribution in [3.05, 3.63) is 39.6 Å². The predicted octanol–water partition coefficient (Wildman–Crippen LogP) is 3.62. The molecular weight excluding hydrogens is 350 g/mol. The molecule has 19 heavy (non-hydrogen) atoms. The molecule has 2 aromatic heterocycles. The van der Waals surface area contributed by atoms with E-state index in [2.05, 4.69) is 15.9 Å². The molecule has 4 nitrogen and oxygen atoms in total. The topological polar surface area (TPSA) is 50.5 Å². The molecule has 0 fully saturated rings. The van der Waals surface area contributed by atoms with Crippen LogP contribution in [0.5, 0.6) is 0 Å². The van der Waals surface area contributed by atoms with Crippen molar-refractivity contribution >= 4 is 37.3 Å². The number of sulfonamides is 1. The molecule has 0 aliphatic rings. The van der Waals surface area contributed by atoms with E-state index in [0.717, 1.165) is 9.35 Å². The van der Waals surface area contributed by atoms with Crippen LogP contribution in [0.3, 0.4) is 0 Å². The lowest BCUT2D eigenvalue weighted by molar-refractivity contribution is 0.376. The number of nitrogens with zero attached hydrogens (tertiary/aromatic N) is 1. The van der Waals surface area contributed by atoms with Gasteiger partial charge in [-0.2, -0.15) is 4.31 Å². The van der Waals surface area contributed by atoms with Crippen LogP contribution in [0.25, 0.3) is 0 Å². The van der Waals surface area contributed by atoms with Crippen molar-refractivity contribution in [2.75, 3.05) is 6.54 Å². The second kappa shape index (κ2) is 5.78. The van der Waals surface area contributed by atoms with E-state index < -0.39 is 10.0 Å². The Kier molecular flexibility index (Phi) is 4.50. The SMILES string of the molecule is CCN(Cc1ccco1)S(=O)(=O)c1cc(C)c(Br)s1. The van der Waals surface area contributed by atoms with Crippen LogP contribution in [0.2, 0.25) is 0 Å². The maximum absolute atomic E-state index is 12.5. The van der Waals surface area contributed by atoms with E-state index in [1.54, 1.807) is 24.5 Å². The van der Waals surface area contributed by atoms with E-state index in [1.165, 1.54) is 15.6 Å². The largest absolute Gasteiger partial charge is 0.468 e. The molecule has 0 atom stereocenters. The zero-order valence-corrected chi connectivity index (χ0v) is 13.8. The Morgan fingerprint density at radius 1 is 1.47 bits per heavy atom. The second-order valence-electron chi connectivity index (χ2n) is 4.03. The summed E-state index contributed by atoms with van der Waals surface area (Å²) < 4.78 is 32.9. The summed E-state index contributed by atoms with van der Waals surface area (Å²) in [7, 11) is -3.47. The zero-order valence-electron chi connectivity index (χ0n) is 10.6. The van der Waals surface area contributed by atoms with Gasteiger partial charge in [-0.25, -0.2) is 8.42 Å². The average Bonchev–Trinajstić information content (AvgIpc) is 2.97. The van der Waals surface area contributed by atoms with Gasteiger partial charge in [0.1, 0.15) is 9.97 Å². The minimum atomic E-state index is -3.47. The highest BCUT2D eigenvalue weighted by Crippen LogP contribution is 2.32. The number of hydrogen-bond donors (Lipinski definition) is 0. The quantitative estimate of drug-likeness (QED) is 0.814. The van der Waals surface area contributed by atoms with Crippen molar-refractivity contribution in [2.24, 2.45) is 0 Å². The fraction of sp³-hybridized carbons (Fsp3) is 0.333. The molecule has 0 amide bonds. The highest BCUT2D eigenvalue weighted by molar-refractivity contribution is 9.11. The van der Waals surface area contributed by atoms with E-state index in [-0.39, 0.29) is 6.54 Å². The van der Waals surface area contributed by atoms with Gasteiger partial charge in [0.2, 0.25) is 0 Å². The second-order valence-corrected chi connectivity index (χ2v) is 8.57. The lowest BCUT2D eigenvalue weighted by Crippen LogP contribution is -2.29. The number of hydrogen-bond acceptors (Lipinski definition) is 4. The van der Waals surface area contributed by atoms with Crippen LogP contribution in [0.1, 0.15) is 18.2 Å². The van der Waals surface area contributed by atoms with Crippen LogP contribution in [0, 0.1) is 6.92 Å². The first-order chi connectivity index (χ1) is 8.95. The van der Waals surface area contributed by atoms with Crippen molar-refractivity contribution in [2.45, 2.75) is 24.6 Å². The van der Waals surface area contributed by atoms with Gasteiger partial charge in [0, 0.05) is 6.54 Å². The Bertz CT molecular complexity index is 627. The highest BCUT2D eigenvalue weighted by atomic mass is 79.9. The number of halogens is 1. The van der Waals surface area contributed by atoms with Gasteiger partial charge < -0.3 is 4.42 Å². The summed E-state index contributed by atoms with van der Waals surface area (Å²) in [5, 5.41) is 0. The minimum absolute atomic E-state index is 0.250. The van der Waals surface area contributed by atoms with Gasteiger partial charge in [0.05, 0.1) is 16.6 Å². The summed E-state index contributed by atoms with van der Waals surface area (Å²) in [4.78, 5) is 0. The maximum atomic E-state index is 12.5. The summed E-state index contributed by atoms with van der Waals surface area (Å²) in [6.07, 6.45) is 1.54. The Balaban J connectivity index is 2.30. The maximum Gasteiger partial charge on any atom is 0.253 e. The summed E-state index contributed by atoms with van der Waals surface area (Å²) in [5.74, 6) is 0.637. The molecule has 0 radical (unpaired) electrons. The molecule has 7 heteroatoms. The third kappa shape index (κ3) is 3.10. The monoisotopic (exact) mass is 363 g/mol. The Morgan fingerprint density at radius 3 is 2.68 bits per heavy atom. The third-order valence-electron chi connectivity index (χ3n) is 2.69. The molecule has 104 valence electrons. The molecule has 0 aliphatic heterocycles. The first-order valence-electron chi connectivity index (χ1n) is 5.73. The molecular formula is C12H14BrNO3S2. The van der Waals surface area contributed by atoms with Crippen LogP contribution in [0.4, 0.5) is 0 Å². The normalized spacial score (nSPS) is 12.2. The molecule has 0 saturated heterocycles. The van der Waals surface area contributed by atoms with Crippen molar-refractivity contribution in [1.82, 2.24) is 4.31 Å². The van der Waals surface area contributed by atoms with Gasteiger partial charge >= 0.3 is 0 Å². The van der Waals surface area contributed by atoms with E-state index >= 15 is 0 Å². The molecule has 2 rings (SSSR count). The van der Waals surface area contributed by atoms with Gasteiger partial charge in [-0.05, 0) is 46.6 Å². The van der Waals surface area contributed by atoms with Crippen LogP contribution in [-0.4, -0.2) is 19.3 Å². The molecule has 0 saturated carbocycles. The Hall–Kier alpha value is -0.630. The molecule has 0 unspecified atom stereocenters. The first-order valence-corrected chi connectivity index (χ1v) is 8.78. The minimum Gasteiger partial charge on any atom is -0.468 e. The molecule has 2 heterocycles. The molecule has 0 aromatic carbocycles. The molecule has 0 bridgehead atoms. The van der Waals surface area contributed by atoms with Gasteiger partial charge in [0.25, 0.3) is 10.0 Å². The third-order valence-corrected chi connectivity index (χ3v) is 7.20. The van der Waals surface area contributed by atoms with Gasteiger partial charge in [-0.1, -0.05) is 6.92 Å². The number of furan rings is 1. The molecule has 0 N–H and O–H groups in total. The summed E-state index contributed by atoms with van der Waals surface area (Å²) in [5.41, 5.74) is 0.928. The van der Waals surface area contributed by atoms with Gasteiger partial charge in [-0.15, -0.1) is 11.3 Å². The van der Waals surface area contributed by atoms with Crippen LogP contribution >= 0.6 is 27.3 Å². The van der Waals surface area contributed by atoms with Crippen molar-refractivity contribution in [1.29, 1.82) is 0 Å². The van der Waals surface area contributed by atoms with E-state index in [0.29, 0.717) is 16.5 Å². The predicted molar refractivity (Wildman–Crippen MR) is 78.7 cm³/mol. The molecule has 0 spiro atoms. The fourth-order valence-electron chi connectivity index (χ4n) is 1.63. The van der Waals surface area contributed by atoms with Crippen LogP contribution in [-0.2, 0) is 16.6 Å². The molecule has 0 aliphatic carbocycles. The Morgan fingerprint density at radius 2 is 2.21 bits per heavy atom. The van der Waals surface area contributed by atoms with Gasteiger partial charge in [-0.3, -0.25) is 0 Å². The van der Waals surface area contributed by atoms with Crippen molar-refractivity contribution in [3.63, 3.8) is 0 Å². The standard InChI is InChI=1S/C12H14BrNO3S2/c1-3-14(8-10-5-4-6-17-10)19(15,16)11-7-9(2)12(13)18-11/h4-7H,3,8H2,1-2H3. The smallest absolute Gasteiger partial charge is 0.253 e. The van der Waals surface area contributed by atoms with Crippen LogP contribution in [0.15, 0.2) is 36.9 Å². The number of rotatable bonds is 5. The van der Waals surface area contributed by atoms with Crippen molar-refractivity contribution in [3.8, 4) is 0 Å². The number of thiophene rings is 1. The van der Waals surface area contributed by atoms with Crippen molar-refractivity contribution < 1.29 is 12.8 Å². The highest BCUT2D eigenvalue weighted by Gasteiger charge is 2.26. The first kappa shape index (κ1) is 14.8. The van der Waals surface area contributed by atoms with Gasteiger partial charge in [0.15, 0.2) is 0 Å². The number of aryl methyl sites for hydroxylation is 1. The zero-order chi connectivity index (χ0) is 14.0. The van der Waals surface area contributed by atoms with E-state index in [9.17, 15) is 8.42 Å². The van der Waals surface area contributed by atoms with Crippen LogP contribution < -0.4 is 0 Å². The lowest BCUT2D eigenvalue weighted by atomic mass is 10.4. The summed E-state index contributed by atoms with van der Waals surface area (Å²) in [6, 6.07) is 5.21. The summed E-state index contributed by atoms with van der Waals surface area (Å²) in [6.45, 7) is 4.34. The lowest BCUT2D eigenvalue weighted by Gasteiger charge is -2.18.